The lowest BCUT2D eigenvalue weighted by Gasteiger charge is -2.17. The number of piperidine rings is 1. The molecule has 2 N–H and O–H groups in total. The van der Waals surface area contributed by atoms with Crippen LogP contribution in [0.1, 0.15) is 18.4 Å². The molecule has 7 nitrogen and oxygen atoms in total. The van der Waals surface area contributed by atoms with Crippen molar-refractivity contribution in [3.05, 3.63) is 77.6 Å². The minimum atomic E-state index is 0.314. The molecule has 1 aliphatic heterocycles. The van der Waals surface area contributed by atoms with Crippen molar-refractivity contribution in [1.82, 2.24) is 15.3 Å². The Labute approximate surface area is 227 Å². The van der Waals surface area contributed by atoms with E-state index < -0.39 is 0 Å². The number of anilines is 2. The number of hydrogen-bond acceptors (Lipinski definition) is 7. The number of hydrogen-bond donors (Lipinski definition) is 2. The fourth-order valence-corrected chi connectivity index (χ4v) is 4.42. The maximum Gasteiger partial charge on any atom is 0.146 e. The third-order valence-corrected chi connectivity index (χ3v) is 6.45. The molecule has 0 amide bonds. The molecule has 0 aliphatic carbocycles. The molecule has 38 heavy (non-hydrogen) atoms. The largest absolute Gasteiger partial charge is 0.490 e. The summed E-state index contributed by atoms with van der Waals surface area (Å²) in [5.41, 5.74) is 2.31. The van der Waals surface area contributed by atoms with Crippen LogP contribution in [0.25, 0.3) is 10.9 Å². The number of benzene rings is 3. The molecule has 1 unspecified atom stereocenters. The molecule has 0 saturated carbocycles. The number of halogens is 1. The third-order valence-electron chi connectivity index (χ3n) is 6.16. The van der Waals surface area contributed by atoms with Gasteiger partial charge in [-0.15, -0.1) is 0 Å². The van der Waals surface area contributed by atoms with Gasteiger partial charge in [0.2, 0.25) is 0 Å². The highest BCUT2D eigenvalue weighted by Gasteiger charge is 2.13. The van der Waals surface area contributed by atoms with Crippen LogP contribution in [0, 0.1) is 17.8 Å². The van der Waals surface area contributed by atoms with Crippen molar-refractivity contribution in [3.8, 4) is 29.1 Å². The van der Waals surface area contributed by atoms with Crippen molar-refractivity contribution < 1.29 is 14.2 Å². The number of fused-ring (bicyclic) bond motifs is 1. The van der Waals surface area contributed by atoms with Gasteiger partial charge in [-0.2, -0.15) is 0 Å². The van der Waals surface area contributed by atoms with Gasteiger partial charge in [-0.1, -0.05) is 41.6 Å². The first-order valence-corrected chi connectivity index (χ1v) is 13.0. The Bertz CT molecular complexity index is 1450. The predicted octanol–water partition coefficient (Wildman–Crippen LogP) is 6.20. The van der Waals surface area contributed by atoms with E-state index in [9.17, 15) is 0 Å². The van der Waals surface area contributed by atoms with Crippen LogP contribution in [-0.2, 0) is 4.74 Å². The highest BCUT2D eigenvalue weighted by Crippen LogP contribution is 2.34. The molecule has 0 bridgehead atoms. The standard InChI is InChI=1S/C30H29ClN4O3/c1-36-14-15-37-29-18-27-25(16-22(29)10-9-21-6-5-13-32-19-21)30(34-20-33-27)35-23-11-12-28(26(31)17-23)38-24-7-3-2-4-8-24/h2-4,7-8,11-12,16-18,20-21,32H,5-6,13-15,19H2,1H3,(H,33,34,35). The maximum atomic E-state index is 6.54. The Kier molecular flexibility index (Phi) is 8.56. The summed E-state index contributed by atoms with van der Waals surface area (Å²) < 4.78 is 17.1. The van der Waals surface area contributed by atoms with Crippen molar-refractivity contribution in [3.63, 3.8) is 0 Å². The fourth-order valence-electron chi connectivity index (χ4n) is 4.20. The lowest BCUT2D eigenvalue weighted by Crippen LogP contribution is -2.28. The van der Waals surface area contributed by atoms with Crippen LogP contribution in [0.5, 0.6) is 17.2 Å². The number of nitrogens with one attached hydrogen (secondary N) is 2. The van der Waals surface area contributed by atoms with Gasteiger partial charge in [0.25, 0.3) is 0 Å². The number of para-hydroxylation sites is 1. The monoisotopic (exact) mass is 528 g/mol. The van der Waals surface area contributed by atoms with Crippen LogP contribution in [0.4, 0.5) is 11.5 Å². The van der Waals surface area contributed by atoms with Crippen LogP contribution < -0.4 is 20.1 Å². The molecule has 3 aromatic carbocycles. The number of methoxy groups -OCH3 is 1. The molecule has 4 aromatic rings. The first-order chi connectivity index (χ1) is 18.7. The molecular formula is C30H29ClN4O3. The van der Waals surface area contributed by atoms with Gasteiger partial charge >= 0.3 is 0 Å². The number of ether oxygens (including phenoxy) is 3. The van der Waals surface area contributed by atoms with E-state index in [1.165, 1.54) is 6.33 Å². The number of aromatic nitrogens is 2. The van der Waals surface area contributed by atoms with E-state index in [4.69, 9.17) is 25.8 Å². The highest BCUT2D eigenvalue weighted by atomic mass is 35.5. The van der Waals surface area contributed by atoms with E-state index in [2.05, 4.69) is 32.4 Å². The van der Waals surface area contributed by atoms with Crippen LogP contribution in [-0.4, -0.2) is 43.4 Å². The number of rotatable bonds is 8. The molecule has 194 valence electrons. The first kappa shape index (κ1) is 25.8. The molecule has 1 aromatic heterocycles. The molecule has 0 spiro atoms. The molecule has 0 radical (unpaired) electrons. The molecule has 1 fully saturated rings. The highest BCUT2D eigenvalue weighted by molar-refractivity contribution is 6.32. The molecule has 1 aliphatic rings. The minimum Gasteiger partial charge on any atom is -0.490 e. The summed E-state index contributed by atoms with van der Waals surface area (Å²) >= 11 is 6.54. The second kappa shape index (κ2) is 12.6. The van der Waals surface area contributed by atoms with Crippen molar-refractivity contribution in [2.45, 2.75) is 12.8 Å². The zero-order valence-electron chi connectivity index (χ0n) is 21.2. The summed E-state index contributed by atoms with van der Waals surface area (Å²) in [7, 11) is 1.65. The van der Waals surface area contributed by atoms with Gasteiger partial charge in [0.15, 0.2) is 0 Å². The zero-order valence-corrected chi connectivity index (χ0v) is 21.9. The van der Waals surface area contributed by atoms with Crippen molar-refractivity contribution in [1.29, 1.82) is 0 Å². The van der Waals surface area contributed by atoms with Crippen LogP contribution >= 0.6 is 11.6 Å². The van der Waals surface area contributed by atoms with E-state index >= 15 is 0 Å². The Balaban J connectivity index is 1.43. The second-order valence-electron chi connectivity index (χ2n) is 8.93. The van der Waals surface area contributed by atoms with Crippen LogP contribution in [0.2, 0.25) is 5.02 Å². The first-order valence-electron chi connectivity index (χ1n) is 12.6. The molecular weight excluding hydrogens is 500 g/mol. The minimum absolute atomic E-state index is 0.314. The zero-order chi connectivity index (χ0) is 26.2. The fraction of sp³-hybridized carbons (Fsp3) is 0.267. The Morgan fingerprint density at radius 3 is 2.74 bits per heavy atom. The molecule has 1 atom stereocenters. The van der Waals surface area contributed by atoms with Gasteiger partial charge in [0.1, 0.15) is 36.0 Å². The van der Waals surface area contributed by atoms with E-state index in [1.807, 2.05) is 60.7 Å². The van der Waals surface area contributed by atoms with Gasteiger partial charge in [-0.05, 0) is 55.8 Å². The van der Waals surface area contributed by atoms with Crippen molar-refractivity contribution in [2.24, 2.45) is 5.92 Å². The normalized spacial score (nSPS) is 14.9. The molecule has 1 saturated heterocycles. The molecule has 8 heteroatoms. The smallest absolute Gasteiger partial charge is 0.146 e. The topological polar surface area (TPSA) is 77.5 Å². The number of nitrogens with zero attached hydrogens (tertiary/aromatic N) is 2. The quantitative estimate of drug-likeness (QED) is 0.208. The summed E-state index contributed by atoms with van der Waals surface area (Å²) in [4.78, 5) is 8.98. The lowest BCUT2D eigenvalue weighted by molar-refractivity contribution is 0.146. The Morgan fingerprint density at radius 2 is 1.95 bits per heavy atom. The summed E-state index contributed by atoms with van der Waals surface area (Å²) in [6.07, 6.45) is 3.75. The SMILES string of the molecule is COCCOc1cc2ncnc(Nc3ccc(Oc4ccccc4)c(Cl)c3)c2cc1C#CC1CCCNC1. The lowest BCUT2D eigenvalue weighted by atomic mass is 9.99. The molecule has 2 heterocycles. The Hall–Kier alpha value is -3.83. The average Bonchev–Trinajstić information content (AvgIpc) is 2.95. The van der Waals surface area contributed by atoms with Gasteiger partial charge in [0, 0.05) is 36.7 Å². The summed E-state index contributed by atoms with van der Waals surface area (Å²) in [6, 6.07) is 19.0. The van der Waals surface area contributed by atoms with E-state index in [1.54, 1.807) is 7.11 Å². The summed E-state index contributed by atoms with van der Waals surface area (Å²) in [5.74, 6) is 9.71. The van der Waals surface area contributed by atoms with Gasteiger partial charge in [-0.25, -0.2) is 9.97 Å². The van der Waals surface area contributed by atoms with Gasteiger partial charge < -0.3 is 24.8 Å². The van der Waals surface area contributed by atoms with Crippen molar-refractivity contribution in [2.75, 3.05) is 38.7 Å². The van der Waals surface area contributed by atoms with E-state index in [0.29, 0.717) is 41.5 Å². The predicted molar refractivity (Wildman–Crippen MR) is 151 cm³/mol. The van der Waals surface area contributed by atoms with Crippen LogP contribution in [0.3, 0.4) is 0 Å². The maximum absolute atomic E-state index is 6.54. The summed E-state index contributed by atoms with van der Waals surface area (Å²) in [6.45, 7) is 2.86. The summed E-state index contributed by atoms with van der Waals surface area (Å²) in [5, 5.41) is 8.11. The van der Waals surface area contributed by atoms with Gasteiger partial charge in [0.05, 0.1) is 22.7 Å². The average molecular weight is 529 g/mol. The second-order valence-corrected chi connectivity index (χ2v) is 9.33. The Morgan fingerprint density at radius 1 is 1.05 bits per heavy atom. The van der Waals surface area contributed by atoms with Gasteiger partial charge in [-0.3, -0.25) is 0 Å². The van der Waals surface area contributed by atoms with Crippen LogP contribution in [0.15, 0.2) is 67.0 Å². The third kappa shape index (κ3) is 6.53. The molecule has 5 rings (SSSR count). The van der Waals surface area contributed by atoms with E-state index in [0.717, 1.165) is 53.8 Å². The van der Waals surface area contributed by atoms with Crippen molar-refractivity contribution >= 4 is 34.0 Å². The van der Waals surface area contributed by atoms with E-state index in [-0.39, 0.29) is 0 Å².